The molecule has 1 atom stereocenters. The Bertz CT molecular complexity index is 602. The molecule has 24 heavy (non-hydrogen) atoms. The van der Waals surface area contributed by atoms with E-state index in [0.29, 0.717) is 31.1 Å². The van der Waals surface area contributed by atoms with Crippen molar-refractivity contribution in [3.63, 3.8) is 0 Å². The first kappa shape index (κ1) is 16.5. The number of piperidine rings is 1. The minimum atomic E-state index is -0.0390. The Hall–Kier alpha value is -2.31. The summed E-state index contributed by atoms with van der Waals surface area (Å²) in [5.41, 5.74) is 0.553. The fourth-order valence-corrected chi connectivity index (χ4v) is 3.23. The van der Waals surface area contributed by atoms with Gasteiger partial charge in [-0.25, -0.2) is 9.78 Å². The monoisotopic (exact) mass is 332 g/mol. The van der Waals surface area contributed by atoms with Gasteiger partial charge in [-0.3, -0.25) is 4.79 Å². The number of pyridine rings is 1. The zero-order valence-corrected chi connectivity index (χ0v) is 14.2. The molecule has 0 aliphatic carbocycles. The summed E-state index contributed by atoms with van der Waals surface area (Å²) in [6.07, 6.45) is 3.46. The van der Waals surface area contributed by atoms with Gasteiger partial charge in [-0.15, -0.1) is 0 Å². The second-order valence-corrected chi connectivity index (χ2v) is 6.52. The van der Waals surface area contributed by atoms with E-state index in [0.717, 1.165) is 19.4 Å². The average molecular weight is 332 g/mol. The lowest BCUT2D eigenvalue weighted by atomic mass is 10.0. The Morgan fingerprint density at radius 1 is 1.38 bits per heavy atom. The van der Waals surface area contributed by atoms with E-state index < -0.39 is 0 Å². The lowest BCUT2D eigenvalue weighted by molar-refractivity contribution is 0.0634. The number of urea groups is 1. The molecule has 0 bridgehead atoms. The maximum atomic E-state index is 12.7. The smallest absolute Gasteiger partial charge is 0.317 e. The fraction of sp³-hybridized carbons (Fsp3) is 0.588. The number of nitrogens with one attached hydrogen (secondary N) is 1. The first-order valence-electron chi connectivity index (χ1n) is 8.51. The third kappa shape index (κ3) is 3.60. The summed E-state index contributed by atoms with van der Waals surface area (Å²) in [5.74, 6) is 0.481. The quantitative estimate of drug-likeness (QED) is 0.907. The molecule has 7 nitrogen and oxygen atoms in total. The molecule has 0 radical (unpaired) electrons. The van der Waals surface area contributed by atoms with Gasteiger partial charge in [0.05, 0.1) is 17.7 Å². The molecular weight excluding hydrogens is 308 g/mol. The van der Waals surface area contributed by atoms with Gasteiger partial charge in [-0.1, -0.05) is 0 Å². The molecule has 2 fully saturated rings. The van der Waals surface area contributed by atoms with E-state index in [4.69, 9.17) is 4.74 Å². The minimum Gasteiger partial charge on any atom is -0.475 e. The summed E-state index contributed by atoms with van der Waals surface area (Å²) in [4.78, 5) is 32.4. The SMILES string of the molecule is CC(C)Oc1ccc(C(=O)N2CCC[C@@H](N3CCNC3=O)C2)cn1. The Labute approximate surface area is 142 Å². The van der Waals surface area contributed by atoms with Crippen LogP contribution in [0.3, 0.4) is 0 Å². The highest BCUT2D eigenvalue weighted by atomic mass is 16.5. The van der Waals surface area contributed by atoms with Crippen LogP contribution in [0.25, 0.3) is 0 Å². The molecule has 3 amide bonds. The lowest BCUT2D eigenvalue weighted by Crippen LogP contribution is -2.50. The summed E-state index contributed by atoms with van der Waals surface area (Å²) in [6, 6.07) is 3.55. The predicted octanol–water partition coefficient (Wildman–Crippen LogP) is 1.50. The van der Waals surface area contributed by atoms with E-state index in [1.54, 1.807) is 18.3 Å². The molecule has 3 heterocycles. The molecule has 2 aliphatic heterocycles. The van der Waals surface area contributed by atoms with Gasteiger partial charge in [0.2, 0.25) is 5.88 Å². The van der Waals surface area contributed by atoms with Gasteiger partial charge in [0.15, 0.2) is 0 Å². The molecule has 130 valence electrons. The molecular formula is C17H24N4O3. The number of nitrogens with zero attached hydrogens (tertiary/aromatic N) is 3. The first-order chi connectivity index (χ1) is 11.5. The molecule has 1 aromatic heterocycles. The van der Waals surface area contributed by atoms with Crippen molar-refractivity contribution in [2.75, 3.05) is 26.2 Å². The number of hydrogen-bond acceptors (Lipinski definition) is 4. The number of aromatic nitrogens is 1. The molecule has 0 saturated carbocycles. The Balaban J connectivity index is 1.64. The number of likely N-dealkylation sites (tertiary alicyclic amines) is 1. The van der Waals surface area contributed by atoms with E-state index in [1.807, 2.05) is 23.6 Å². The van der Waals surface area contributed by atoms with E-state index in [-0.39, 0.29) is 24.1 Å². The van der Waals surface area contributed by atoms with E-state index in [1.165, 1.54) is 0 Å². The topological polar surface area (TPSA) is 74.8 Å². The van der Waals surface area contributed by atoms with Crippen molar-refractivity contribution in [3.8, 4) is 5.88 Å². The van der Waals surface area contributed by atoms with Crippen molar-refractivity contribution in [2.45, 2.75) is 38.8 Å². The van der Waals surface area contributed by atoms with E-state index in [2.05, 4.69) is 10.3 Å². The second-order valence-electron chi connectivity index (χ2n) is 6.52. The van der Waals surface area contributed by atoms with E-state index in [9.17, 15) is 9.59 Å². The number of ether oxygens (including phenoxy) is 1. The Kier molecular flexibility index (Phi) is 4.87. The standard InChI is InChI=1S/C17H24N4O3/c1-12(2)24-15-6-5-13(10-19-15)16(22)20-8-3-4-14(11-20)21-9-7-18-17(21)23/h5-6,10,12,14H,3-4,7-9,11H2,1-2H3,(H,18,23)/t14-/m1/s1. The van der Waals surface area contributed by atoms with Gasteiger partial charge >= 0.3 is 6.03 Å². The van der Waals surface area contributed by atoms with Crippen LogP contribution in [0, 0.1) is 0 Å². The van der Waals surface area contributed by atoms with E-state index >= 15 is 0 Å². The molecule has 7 heteroatoms. The molecule has 1 aromatic rings. The van der Waals surface area contributed by atoms with Gasteiger partial charge in [0, 0.05) is 38.4 Å². The molecule has 2 aliphatic rings. The molecule has 0 spiro atoms. The summed E-state index contributed by atoms with van der Waals surface area (Å²) >= 11 is 0. The van der Waals surface area contributed by atoms with Crippen molar-refractivity contribution >= 4 is 11.9 Å². The van der Waals surface area contributed by atoms with Gasteiger partial charge in [-0.05, 0) is 32.8 Å². The largest absolute Gasteiger partial charge is 0.475 e. The highest BCUT2D eigenvalue weighted by Crippen LogP contribution is 2.20. The first-order valence-corrected chi connectivity index (χ1v) is 8.51. The third-order valence-corrected chi connectivity index (χ3v) is 4.35. The number of amides is 3. The highest BCUT2D eigenvalue weighted by molar-refractivity contribution is 5.94. The third-order valence-electron chi connectivity index (χ3n) is 4.35. The summed E-state index contributed by atoms with van der Waals surface area (Å²) in [6.45, 7) is 6.57. The Morgan fingerprint density at radius 3 is 2.83 bits per heavy atom. The molecule has 0 aromatic carbocycles. The van der Waals surface area contributed by atoms with Crippen LogP contribution in [0.5, 0.6) is 5.88 Å². The van der Waals surface area contributed by atoms with Crippen molar-refractivity contribution in [1.29, 1.82) is 0 Å². The van der Waals surface area contributed by atoms with Gasteiger partial charge in [0.25, 0.3) is 5.91 Å². The van der Waals surface area contributed by atoms with Crippen LogP contribution < -0.4 is 10.1 Å². The van der Waals surface area contributed by atoms with Gasteiger partial charge in [-0.2, -0.15) is 0 Å². The van der Waals surface area contributed by atoms with Crippen molar-refractivity contribution < 1.29 is 14.3 Å². The summed E-state index contributed by atoms with van der Waals surface area (Å²) in [7, 11) is 0. The van der Waals surface area contributed by atoms with Crippen LogP contribution in [-0.2, 0) is 0 Å². The molecule has 2 saturated heterocycles. The summed E-state index contributed by atoms with van der Waals surface area (Å²) in [5, 5.41) is 2.82. The number of carbonyl (C=O) groups excluding carboxylic acids is 2. The number of rotatable bonds is 4. The van der Waals surface area contributed by atoms with Crippen LogP contribution in [-0.4, -0.2) is 65.0 Å². The number of carbonyl (C=O) groups is 2. The van der Waals surface area contributed by atoms with Crippen LogP contribution in [0.15, 0.2) is 18.3 Å². The van der Waals surface area contributed by atoms with Gasteiger partial charge < -0.3 is 19.9 Å². The summed E-state index contributed by atoms with van der Waals surface area (Å²) < 4.78 is 5.50. The van der Waals surface area contributed by atoms with Crippen LogP contribution in [0.4, 0.5) is 4.79 Å². The van der Waals surface area contributed by atoms with Crippen LogP contribution in [0.1, 0.15) is 37.0 Å². The zero-order chi connectivity index (χ0) is 17.1. The fourth-order valence-electron chi connectivity index (χ4n) is 3.23. The lowest BCUT2D eigenvalue weighted by Gasteiger charge is -2.37. The maximum Gasteiger partial charge on any atom is 0.317 e. The van der Waals surface area contributed by atoms with Gasteiger partial charge in [0.1, 0.15) is 0 Å². The maximum absolute atomic E-state index is 12.7. The average Bonchev–Trinajstić information content (AvgIpc) is 3.00. The number of hydrogen-bond donors (Lipinski definition) is 1. The predicted molar refractivity (Wildman–Crippen MR) is 89.0 cm³/mol. The Morgan fingerprint density at radius 2 is 2.21 bits per heavy atom. The van der Waals surface area contributed by atoms with Crippen LogP contribution in [0.2, 0.25) is 0 Å². The second kappa shape index (κ2) is 7.07. The van der Waals surface area contributed by atoms with Crippen LogP contribution >= 0.6 is 0 Å². The molecule has 1 N–H and O–H groups in total. The highest BCUT2D eigenvalue weighted by Gasteiger charge is 2.33. The molecule has 3 rings (SSSR count). The minimum absolute atomic E-state index is 0.0221. The van der Waals surface area contributed by atoms with Crippen molar-refractivity contribution in [3.05, 3.63) is 23.9 Å². The normalized spacial score (nSPS) is 21.1. The van der Waals surface area contributed by atoms with Crippen molar-refractivity contribution in [1.82, 2.24) is 20.1 Å². The van der Waals surface area contributed by atoms with Crippen molar-refractivity contribution in [2.24, 2.45) is 0 Å². The molecule has 0 unspecified atom stereocenters. The zero-order valence-electron chi connectivity index (χ0n) is 14.2.